The van der Waals surface area contributed by atoms with E-state index in [0.717, 1.165) is 24.3 Å². The molecule has 0 radical (unpaired) electrons. The maximum absolute atomic E-state index is 13.7. The highest BCUT2D eigenvalue weighted by Gasteiger charge is 2.52. The van der Waals surface area contributed by atoms with Crippen LogP contribution >= 0.6 is 23.5 Å². The van der Waals surface area contributed by atoms with Gasteiger partial charge < -0.3 is 19.2 Å². The summed E-state index contributed by atoms with van der Waals surface area (Å²) < 4.78 is 10.5. The Balaban J connectivity index is 2.07. The Morgan fingerprint density at radius 3 is 2.49 bits per heavy atom. The van der Waals surface area contributed by atoms with Crippen molar-refractivity contribution in [1.29, 1.82) is 0 Å². The molecule has 232 valence electrons. The number of thioether (sulfide) groups is 2. The van der Waals surface area contributed by atoms with Crippen molar-refractivity contribution >= 4 is 41.4 Å². The topological polar surface area (TPSA) is 137 Å². The smallest absolute Gasteiger partial charge is 0.328 e. The molecule has 3 atom stereocenters. The highest BCUT2D eigenvalue weighted by molar-refractivity contribution is 8.21. The molecule has 2 aliphatic rings. The fourth-order valence-corrected chi connectivity index (χ4v) is 8.04. The summed E-state index contributed by atoms with van der Waals surface area (Å²) in [6.07, 6.45) is 10.4. The molecule has 0 aromatic carbocycles. The molecule has 3 unspecified atom stereocenters. The number of nitrogens with one attached hydrogen (secondary N) is 1. The first-order valence-corrected chi connectivity index (χ1v) is 16.4. The molecule has 2 heterocycles. The van der Waals surface area contributed by atoms with Gasteiger partial charge in [-0.25, -0.2) is 4.79 Å². The van der Waals surface area contributed by atoms with E-state index in [0.29, 0.717) is 38.6 Å². The number of rotatable bonds is 18. The molecule has 1 spiro atoms. The SMILES string of the molecule is CC/C=C\C=C(/CC)CCC(NC(C)C(=O)N1CC2(CC1C(=O)OCCCCO[N+](=O)[O-])SCCS2)C(=O)OCC. The molecular weight excluding hydrogens is 570 g/mol. The summed E-state index contributed by atoms with van der Waals surface area (Å²) >= 11 is 3.53. The van der Waals surface area contributed by atoms with Crippen molar-refractivity contribution in [3.05, 3.63) is 33.9 Å². The van der Waals surface area contributed by atoms with Crippen LogP contribution in [0.3, 0.4) is 0 Å². The van der Waals surface area contributed by atoms with Crippen LogP contribution in [0, 0.1) is 10.1 Å². The third-order valence-electron chi connectivity index (χ3n) is 6.94. The van der Waals surface area contributed by atoms with Gasteiger partial charge in [0.2, 0.25) is 5.91 Å². The van der Waals surface area contributed by atoms with Crippen molar-refractivity contribution in [3.8, 4) is 0 Å². The molecule has 0 saturated carbocycles. The van der Waals surface area contributed by atoms with Gasteiger partial charge in [0.25, 0.3) is 5.09 Å². The van der Waals surface area contributed by atoms with Crippen LogP contribution in [0.1, 0.15) is 72.6 Å². The van der Waals surface area contributed by atoms with E-state index in [9.17, 15) is 24.5 Å². The summed E-state index contributed by atoms with van der Waals surface area (Å²) in [5, 5.41) is 12.6. The molecule has 2 rings (SSSR count). The number of ether oxygens (including phenoxy) is 2. The predicted molar refractivity (Wildman–Crippen MR) is 161 cm³/mol. The number of allylic oxidation sites excluding steroid dienone is 4. The Kier molecular flexibility index (Phi) is 15.6. The van der Waals surface area contributed by atoms with Gasteiger partial charge in [-0.15, -0.1) is 33.6 Å². The summed E-state index contributed by atoms with van der Waals surface area (Å²) in [6.45, 7) is 8.30. The fourth-order valence-electron chi connectivity index (χ4n) is 4.78. The van der Waals surface area contributed by atoms with E-state index in [-0.39, 0.29) is 29.8 Å². The van der Waals surface area contributed by atoms with Gasteiger partial charge in [0.15, 0.2) is 0 Å². The Hall–Kier alpha value is -2.25. The van der Waals surface area contributed by atoms with Gasteiger partial charge in [-0.1, -0.05) is 37.6 Å². The second-order valence-electron chi connectivity index (χ2n) is 9.97. The van der Waals surface area contributed by atoms with Crippen molar-refractivity contribution in [2.45, 2.75) is 94.8 Å². The van der Waals surface area contributed by atoms with Gasteiger partial charge >= 0.3 is 11.9 Å². The van der Waals surface area contributed by atoms with Crippen LogP contribution in [0.15, 0.2) is 23.8 Å². The first-order chi connectivity index (χ1) is 19.7. The molecule has 41 heavy (non-hydrogen) atoms. The zero-order valence-corrected chi connectivity index (χ0v) is 26.3. The lowest BCUT2D eigenvalue weighted by Crippen LogP contribution is -2.53. The molecule has 1 N–H and O–H groups in total. The number of amides is 1. The molecule has 0 bridgehead atoms. The molecule has 1 amide bonds. The molecule has 13 heteroatoms. The predicted octanol–water partition coefficient (Wildman–Crippen LogP) is 4.29. The van der Waals surface area contributed by atoms with Crippen LogP contribution in [0.2, 0.25) is 0 Å². The van der Waals surface area contributed by atoms with E-state index in [1.807, 2.05) is 6.08 Å². The minimum Gasteiger partial charge on any atom is -0.465 e. The lowest BCUT2D eigenvalue weighted by molar-refractivity contribution is -0.757. The Bertz CT molecular complexity index is 939. The molecule has 0 aromatic rings. The Labute approximate surface area is 251 Å². The Morgan fingerprint density at radius 1 is 1.15 bits per heavy atom. The molecule has 0 aromatic heterocycles. The summed E-state index contributed by atoms with van der Waals surface area (Å²) in [4.78, 5) is 55.8. The fraction of sp³-hybridized carbons (Fsp3) is 0.750. The summed E-state index contributed by atoms with van der Waals surface area (Å²) in [6, 6.07) is -2.13. The summed E-state index contributed by atoms with van der Waals surface area (Å²) in [5.74, 6) is 0.756. The number of likely N-dealkylation sites (tertiary alicyclic amines) is 1. The number of hydrogen-bond acceptors (Lipinski definition) is 11. The molecule has 0 aliphatic carbocycles. The van der Waals surface area contributed by atoms with Crippen molar-refractivity contribution < 1.29 is 33.8 Å². The quantitative estimate of drug-likeness (QED) is 0.0777. The van der Waals surface area contributed by atoms with Crippen LogP contribution in [0.5, 0.6) is 0 Å². The number of nitrogens with zero attached hydrogens (tertiary/aromatic N) is 2. The third-order valence-corrected chi connectivity index (χ3v) is 10.4. The van der Waals surface area contributed by atoms with E-state index in [1.165, 1.54) is 5.57 Å². The first kappa shape index (κ1) is 34.9. The summed E-state index contributed by atoms with van der Waals surface area (Å²) in [7, 11) is 0. The average Bonchev–Trinajstić information content (AvgIpc) is 3.57. The van der Waals surface area contributed by atoms with Crippen molar-refractivity contribution in [2.75, 3.05) is 37.9 Å². The third kappa shape index (κ3) is 11.5. The zero-order chi connectivity index (χ0) is 30.3. The van der Waals surface area contributed by atoms with Crippen LogP contribution in [0.25, 0.3) is 0 Å². The monoisotopic (exact) mass is 615 g/mol. The van der Waals surface area contributed by atoms with Crippen LogP contribution in [0.4, 0.5) is 0 Å². The van der Waals surface area contributed by atoms with Crippen LogP contribution in [-0.4, -0.2) is 87.9 Å². The lowest BCUT2D eigenvalue weighted by Gasteiger charge is -2.29. The highest BCUT2D eigenvalue weighted by Crippen LogP contribution is 2.52. The molecule has 11 nitrogen and oxygen atoms in total. The van der Waals surface area contributed by atoms with E-state index >= 15 is 0 Å². The van der Waals surface area contributed by atoms with Gasteiger partial charge in [-0.05, 0) is 52.4 Å². The van der Waals surface area contributed by atoms with Gasteiger partial charge in [0.05, 0.1) is 29.9 Å². The van der Waals surface area contributed by atoms with Crippen LogP contribution in [-0.2, 0) is 28.7 Å². The standard InChI is InChI=1S/C28H45N3O8S2/c1-5-8-9-12-22(6-2)13-14-23(26(33)37-7-3)29-21(4)25(32)30-20-28(40-17-18-41-28)19-24(30)27(34)38-15-10-11-16-39-31(35)36/h8-9,12,21,23-24,29H,5-7,10-11,13-20H2,1-4H3/b9-8-,22-12+. The number of carbonyl (C=O) groups excluding carboxylic acids is 3. The molecule has 2 aliphatic heterocycles. The van der Waals surface area contributed by atoms with E-state index in [4.69, 9.17) is 9.47 Å². The zero-order valence-electron chi connectivity index (χ0n) is 24.6. The second kappa shape index (κ2) is 18.3. The Morgan fingerprint density at radius 2 is 1.85 bits per heavy atom. The van der Waals surface area contributed by atoms with Gasteiger partial charge in [-0.2, -0.15) is 0 Å². The van der Waals surface area contributed by atoms with Crippen LogP contribution < -0.4 is 5.32 Å². The molecular formula is C28H45N3O8S2. The lowest BCUT2D eigenvalue weighted by atomic mass is 10.0. The summed E-state index contributed by atoms with van der Waals surface area (Å²) in [5.41, 5.74) is 1.20. The van der Waals surface area contributed by atoms with Gasteiger partial charge in [0, 0.05) is 24.5 Å². The first-order valence-electron chi connectivity index (χ1n) is 14.5. The minimum absolute atomic E-state index is 0.0647. The van der Waals surface area contributed by atoms with E-state index in [1.54, 1.807) is 42.3 Å². The van der Waals surface area contributed by atoms with Gasteiger partial charge in [0.1, 0.15) is 12.1 Å². The van der Waals surface area contributed by atoms with Crippen molar-refractivity contribution in [2.24, 2.45) is 0 Å². The van der Waals surface area contributed by atoms with Gasteiger partial charge in [-0.3, -0.25) is 14.9 Å². The highest BCUT2D eigenvalue weighted by atomic mass is 32.2. The van der Waals surface area contributed by atoms with E-state index in [2.05, 4.69) is 36.2 Å². The van der Waals surface area contributed by atoms with Crippen molar-refractivity contribution in [1.82, 2.24) is 10.2 Å². The normalized spacial score (nSPS) is 19.9. The number of esters is 2. The van der Waals surface area contributed by atoms with E-state index < -0.39 is 35.2 Å². The number of carbonyl (C=O) groups is 3. The second-order valence-corrected chi connectivity index (χ2v) is 13.2. The average molecular weight is 616 g/mol. The maximum atomic E-state index is 13.7. The number of unbranched alkanes of at least 4 members (excludes halogenated alkanes) is 1. The van der Waals surface area contributed by atoms with Crippen molar-refractivity contribution in [3.63, 3.8) is 0 Å². The largest absolute Gasteiger partial charge is 0.465 e. The molecule has 2 fully saturated rings. The number of hydrogen-bond donors (Lipinski definition) is 1. The minimum atomic E-state index is -0.851. The maximum Gasteiger partial charge on any atom is 0.328 e. The molecule has 2 saturated heterocycles.